The lowest BCUT2D eigenvalue weighted by molar-refractivity contribution is 0.628. The van der Waals surface area contributed by atoms with Crippen LogP contribution < -0.4 is 5.56 Å². The van der Waals surface area contributed by atoms with Crippen molar-refractivity contribution in [1.82, 2.24) is 29.4 Å². The number of benzene rings is 2. The van der Waals surface area contributed by atoms with Crippen LogP contribution in [0, 0.1) is 12.7 Å². The molecule has 0 saturated heterocycles. The first-order valence-electron chi connectivity index (χ1n) is 9.01. The van der Waals surface area contributed by atoms with E-state index in [1.807, 2.05) is 31.2 Å². The van der Waals surface area contributed by atoms with Crippen molar-refractivity contribution in [1.29, 1.82) is 0 Å². The summed E-state index contributed by atoms with van der Waals surface area (Å²) in [5.41, 5.74) is 4.21. The van der Waals surface area contributed by atoms with Crippen molar-refractivity contribution < 1.29 is 4.39 Å². The fourth-order valence-corrected chi connectivity index (χ4v) is 3.24. The summed E-state index contributed by atoms with van der Waals surface area (Å²) in [7, 11) is 0. The lowest BCUT2D eigenvalue weighted by Crippen LogP contribution is -2.23. The molecule has 8 heteroatoms. The van der Waals surface area contributed by atoms with Crippen LogP contribution in [0.3, 0.4) is 0 Å². The van der Waals surface area contributed by atoms with Crippen LogP contribution in [0.5, 0.6) is 0 Å². The zero-order chi connectivity index (χ0) is 20.0. The molecule has 5 rings (SSSR count). The highest BCUT2D eigenvalue weighted by Crippen LogP contribution is 2.24. The second kappa shape index (κ2) is 6.59. The lowest BCUT2D eigenvalue weighted by Gasteiger charge is -2.07. The summed E-state index contributed by atoms with van der Waals surface area (Å²) in [6, 6.07) is 14.0. The van der Waals surface area contributed by atoms with Crippen LogP contribution in [0.4, 0.5) is 4.39 Å². The van der Waals surface area contributed by atoms with Crippen molar-refractivity contribution >= 4 is 16.8 Å². The predicted molar refractivity (Wildman–Crippen MR) is 106 cm³/mol. The second-order valence-corrected chi connectivity index (χ2v) is 6.84. The summed E-state index contributed by atoms with van der Waals surface area (Å²) < 4.78 is 16.2. The molecule has 0 radical (unpaired) electrons. The van der Waals surface area contributed by atoms with Gasteiger partial charge in [-0.1, -0.05) is 42.0 Å². The number of hydrogen-bond donors (Lipinski definition) is 0. The molecule has 7 nitrogen and oxygen atoms in total. The Morgan fingerprint density at radius 2 is 1.72 bits per heavy atom. The first kappa shape index (κ1) is 17.2. The largest absolute Gasteiger partial charge is 0.293 e. The van der Waals surface area contributed by atoms with E-state index in [1.165, 1.54) is 27.5 Å². The maximum atomic E-state index is 13.2. The van der Waals surface area contributed by atoms with Crippen LogP contribution in [0.25, 0.3) is 27.9 Å². The number of rotatable bonds is 3. The minimum atomic E-state index is -0.322. The molecule has 0 unspecified atom stereocenters. The highest BCUT2D eigenvalue weighted by Gasteiger charge is 2.15. The second-order valence-electron chi connectivity index (χ2n) is 6.84. The summed E-state index contributed by atoms with van der Waals surface area (Å²) in [6.07, 6.45) is 3.10. The molecule has 0 fully saturated rings. The molecular weight excluding hydrogens is 371 g/mol. The molecule has 0 aliphatic carbocycles. The minimum Gasteiger partial charge on any atom is -0.293 e. The third kappa shape index (κ3) is 2.94. The summed E-state index contributed by atoms with van der Waals surface area (Å²) >= 11 is 0. The Kier molecular flexibility index (Phi) is 3.90. The fraction of sp³-hybridized carbons (Fsp3) is 0.0952. The van der Waals surface area contributed by atoms with E-state index in [4.69, 9.17) is 0 Å². The molecule has 0 N–H and O–H groups in total. The van der Waals surface area contributed by atoms with Crippen molar-refractivity contribution in [2.75, 3.05) is 0 Å². The van der Waals surface area contributed by atoms with E-state index in [2.05, 4.69) is 20.3 Å². The van der Waals surface area contributed by atoms with Gasteiger partial charge in [0.25, 0.3) is 5.56 Å². The quantitative estimate of drug-likeness (QED) is 0.476. The van der Waals surface area contributed by atoms with E-state index in [0.29, 0.717) is 23.4 Å². The summed E-state index contributed by atoms with van der Waals surface area (Å²) in [5, 5.41) is 12.6. The first-order chi connectivity index (χ1) is 14.1. The fourth-order valence-electron chi connectivity index (χ4n) is 3.24. The zero-order valence-corrected chi connectivity index (χ0v) is 15.5. The highest BCUT2D eigenvalue weighted by molar-refractivity contribution is 5.80. The van der Waals surface area contributed by atoms with Crippen molar-refractivity contribution in [3.63, 3.8) is 0 Å². The molecule has 142 valence electrons. The average Bonchev–Trinajstić information content (AvgIpc) is 3.17. The Morgan fingerprint density at radius 3 is 2.48 bits per heavy atom. The molecule has 0 atom stereocenters. The minimum absolute atomic E-state index is 0.140. The van der Waals surface area contributed by atoms with E-state index in [1.54, 1.807) is 18.3 Å². The molecular formula is C21H15FN6O. The van der Waals surface area contributed by atoms with Crippen LogP contribution in [0.2, 0.25) is 0 Å². The summed E-state index contributed by atoms with van der Waals surface area (Å²) in [6.45, 7) is 2.40. The van der Waals surface area contributed by atoms with Crippen LogP contribution in [-0.4, -0.2) is 29.4 Å². The molecule has 5 aromatic rings. The zero-order valence-electron chi connectivity index (χ0n) is 15.5. The van der Waals surface area contributed by atoms with Crippen LogP contribution >= 0.6 is 0 Å². The first-order valence-corrected chi connectivity index (χ1v) is 9.01. The standard InChI is InChI=1S/C21H15FN6O/c1-13-2-4-14(5-3-13)11-27-12-23-20-18(21(27)29)25-26-19-17(10-24-28(19)20)15-6-8-16(22)9-7-15/h2-10,12H,11H2,1H3. The van der Waals surface area contributed by atoms with Crippen LogP contribution in [0.1, 0.15) is 11.1 Å². The van der Waals surface area contributed by atoms with Gasteiger partial charge in [0.15, 0.2) is 16.8 Å². The average molecular weight is 386 g/mol. The van der Waals surface area contributed by atoms with Gasteiger partial charge < -0.3 is 0 Å². The van der Waals surface area contributed by atoms with Gasteiger partial charge in [0.1, 0.15) is 12.1 Å². The highest BCUT2D eigenvalue weighted by atomic mass is 19.1. The molecule has 0 spiro atoms. The SMILES string of the molecule is Cc1ccc(Cn2cnc3c(nnc4c(-c5ccc(F)cc5)cnn43)c2=O)cc1. The maximum absolute atomic E-state index is 13.2. The van der Waals surface area contributed by atoms with Crippen molar-refractivity contribution in [2.45, 2.75) is 13.5 Å². The molecule has 0 aliphatic heterocycles. The van der Waals surface area contributed by atoms with Gasteiger partial charge in [0, 0.05) is 5.56 Å². The number of aryl methyl sites for hydroxylation is 1. The normalized spacial score (nSPS) is 11.4. The number of halogens is 1. The third-order valence-electron chi connectivity index (χ3n) is 4.81. The van der Waals surface area contributed by atoms with E-state index >= 15 is 0 Å². The van der Waals surface area contributed by atoms with Gasteiger partial charge in [-0.3, -0.25) is 9.36 Å². The third-order valence-corrected chi connectivity index (χ3v) is 4.81. The monoisotopic (exact) mass is 386 g/mol. The van der Waals surface area contributed by atoms with Crippen LogP contribution in [-0.2, 0) is 6.54 Å². The van der Waals surface area contributed by atoms with E-state index in [9.17, 15) is 9.18 Å². The smallest absolute Gasteiger partial charge is 0.283 e. The van der Waals surface area contributed by atoms with E-state index in [-0.39, 0.29) is 16.9 Å². The predicted octanol–water partition coefficient (Wildman–Crippen LogP) is 3.00. The Balaban J connectivity index is 1.61. The number of nitrogens with zero attached hydrogens (tertiary/aromatic N) is 6. The summed E-state index contributed by atoms with van der Waals surface area (Å²) in [5.74, 6) is -0.322. The van der Waals surface area contributed by atoms with Gasteiger partial charge >= 0.3 is 0 Å². The van der Waals surface area contributed by atoms with Gasteiger partial charge in [-0.25, -0.2) is 9.37 Å². The van der Waals surface area contributed by atoms with Gasteiger partial charge in [-0.2, -0.15) is 9.61 Å². The molecule has 0 amide bonds. The molecule has 0 saturated carbocycles. The Labute approximate surface area is 164 Å². The van der Waals surface area contributed by atoms with Crippen molar-refractivity contribution in [3.05, 3.63) is 88.4 Å². The molecule has 29 heavy (non-hydrogen) atoms. The van der Waals surface area contributed by atoms with E-state index < -0.39 is 0 Å². The maximum Gasteiger partial charge on any atom is 0.283 e. The van der Waals surface area contributed by atoms with Gasteiger partial charge in [-0.15, -0.1) is 10.2 Å². The number of aromatic nitrogens is 6. The Hall–Kier alpha value is -3.94. The Bertz CT molecular complexity index is 1400. The van der Waals surface area contributed by atoms with Crippen LogP contribution in [0.15, 0.2) is 65.8 Å². The molecule has 3 heterocycles. The van der Waals surface area contributed by atoms with Crippen molar-refractivity contribution in [2.24, 2.45) is 0 Å². The van der Waals surface area contributed by atoms with Gasteiger partial charge in [-0.05, 0) is 30.2 Å². The molecule has 3 aromatic heterocycles. The number of hydrogen-bond acceptors (Lipinski definition) is 5. The van der Waals surface area contributed by atoms with Gasteiger partial charge in [0.2, 0.25) is 0 Å². The molecule has 0 bridgehead atoms. The molecule has 0 aliphatic rings. The summed E-state index contributed by atoms with van der Waals surface area (Å²) in [4.78, 5) is 17.3. The van der Waals surface area contributed by atoms with Crippen molar-refractivity contribution in [3.8, 4) is 11.1 Å². The number of fused-ring (bicyclic) bond motifs is 3. The lowest BCUT2D eigenvalue weighted by atomic mass is 10.1. The topological polar surface area (TPSA) is 78.0 Å². The molecule has 2 aromatic carbocycles. The van der Waals surface area contributed by atoms with E-state index in [0.717, 1.165) is 16.7 Å². The Morgan fingerprint density at radius 1 is 0.966 bits per heavy atom. The van der Waals surface area contributed by atoms with Gasteiger partial charge in [0.05, 0.1) is 12.7 Å².